The molecule has 164 valence electrons. The summed E-state index contributed by atoms with van der Waals surface area (Å²) < 4.78 is 17.8. The summed E-state index contributed by atoms with van der Waals surface area (Å²) in [6.45, 7) is 0.606. The van der Waals surface area contributed by atoms with Crippen molar-refractivity contribution in [1.29, 1.82) is 0 Å². The first-order valence-corrected chi connectivity index (χ1v) is 10.2. The molecule has 0 spiro atoms. The lowest BCUT2D eigenvalue weighted by Crippen LogP contribution is -2.12. The number of rotatable bonds is 10. The average molecular weight is 423 g/mol. The van der Waals surface area contributed by atoms with Crippen molar-refractivity contribution < 1.29 is 19.3 Å². The van der Waals surface area contributed by atoms with Crippen molar-refractivity contribution in [2.45, 2.75) is 18.9 Å². The number of hydrogen-bond donors (Lipinski definition) is 1. The molecule has 0 amide bonds. The Hall–Kier alpha value is -3.09. The van der Waals surface area contributed by atoms with E-state index in [1.807, 2.05) is 66.3 Å². The van der Waals surface area contributed by atoms with Crippen molar-refractivity contribution in [3.63, 3.8) is 0 Å². The second-order valence-corrected chi connectivity index (χ2v) is 7.25. The zero-order valence-corrected chi connectivity index (χ0v) is 18.5. The topological polar surface area (TPSA) is 65.7 Å². The minimum atomic E-state index is -0.851. The van der Waals surface area contributed by atoms with Gasteiger partial charge in [-0.1, -0.05) is 24.3 Å². The fourth-order valence-electron chi connectivity index (χ4n) is 3.65. The van der Waals surface area contributed by atoms with Gasteiger partial charge in [0.15, 0.2) is 0 Å². The summed E-state index contributed by atoms with van der Waals surface area (Å²) >= 11 is 0. The normalized spacial score (nSPS) is 11.8. The molecule has 1 N–H and O–H groups in total. The van der Waals surface area contributed by atoms with Crippen molar-refractivity contribution in [3.8, 4) is 11.5 Å². The van der Waals surface area contributed by atoms with Gasteiger partial charge >= 0.3 is 0 Å². The lowest BCUT2D eigenvalue weighted by atomic mass is 9.88. The van der Waals surface area contributed by atoms with Crippen molar-refractivity contribution in [1.82, 2.24) is 9.55 Å². The molecule has 0 radical (unpaired) electrons. The molecule has 1 aromatic heterocycles. The van der Waals surface area contributed by atoms with Gasteiger partial charge in [-0.05, 0) is 59.4 Å². The quantitative estimate of drug-likeness (QED) is 0.491. The molecule has 0 fully saturated rings. The van der Waals surface area contributed by atoms with Crippen molar-refractivity contribution in [3.05, 3.63) is 83.4 Å². The number of aliphatic hydroxyl groups excluding tert-OH is 1. The van der Waals surface area contributed by atoms with Gasteiger partial charge < -0.3 is 23.9 Å². The van der Waals surface area contributed by atoms with Crippen LogP contribution in [0.25, 0.3) is 5.57 Å². The van der Waals surface area contributed by atoms with E-state index in [0.717, 1.165) is 40.2 Å². The molecule has 0 saturated carbocycles. The summed E-state index contributed by atoms with van der Waals surface area (Å²) in [5.74, 6) is 2.17. The molecule has 0 saturated heterocycles. The third kappa shape index (κ3) is 5.34. The van der Waals surface area contributed by atoms with Crippen LogP contribution in [0, 0.1) is 0 Å². The first kappa shape index (κ1) is 22.6. The molecule has 0 aliphatic heterocycles. The van der Waals surface area contributed by atoms with Gasteiger partial charge in [-0.15, -0.1) is 0 Å². The van der Waals surface area contributed by atoms with E-state index >= 15 is 0 Å². The van der Waals surface area contributed by atoms with Crippen molar-refractivity contribution >= 4 is 5.57 Å². The van der Waals surface area contributed by atoms with Crippen LogP contribution in [0.4, 0.5) is 0 Å². The number of imidazole rings is 1. The van der Waals surface area contributed by atoms with Gasteiger partial charge in [0.2, 0.25) is 0 Å². The molecule has 2 aromatic carbocycles. The predicted molar refractivity (Wildman–Crippen MR) is 121 cm³/mol. The summed E-state index contributed by atoms with van der Waals surface area (Å²) in [6.07, 6.45) is 4.13. The maximum Gasteiger partial charge on any atom is 0.141 e. The Balaban J connectivity index is 2.19. The van der Waals surface area contributed by atoms with Crippen LogP contribution >= 0.6 is 0 Å². The maximum atomic E-state index is 11.4. The molecule has 0 aliphatic rings. The molecule has 1 heterocycles. The Bertz CT molecular complexity index is 942. The standard InChI is InChI=1S/C25H30N2O4/c1-27-16-15-26-25(27)24(28)22(6-5-17-29-2)23(18-7-11-20(30-3)12-8-18)19-9-13-21(31-4)14-10-19/h7-16,24,28H,5-6,17H2,1-4H3. The molecular formula is C25H30N2O4. The molecule has 3 aromatic rings. The number of ether oxygens (including phenoxy) is 3. The van der Waals surface area contributed by atoms with Crippen LogP contribution in [0.1, 0.15) is 35.9 Å². The van der Waals surface area contributed by atoms with Gasteiger partial charge in [0.05, 0.1) is 14.2 Å². The second-order valence-electron chi connectivity index (χ2n) is 7.25. The van der Waals surface area contributed by atoms with Crippen LogP contribution in [-0.4, -0.2) is 42.6 Å². The zero-order valence-electron chi connectivity index (χ0n) is 18.5. The summed E-state index contributed by atoms with van der Waals surface area (Å²) in [4.78, 5) is 4.40. The molecule has 0 aliphatic carbocycles. The SMILES string of the molecule is COCCCC(=C(c1ccc(OC)cc1)c1ccc(OC)cc1)C(O)c1nccn1C. The number of aromatic nitrogens is 2. The number of aliphatic hydroxyl groups is 1. The summed E-state index contributed by atoms with van der Waals surface area (Å²) in [5.41, 5.74) is 3.84. The fourth-order valence-corrected chi connectivity index (χ4v) is 3.65. The van der Waals surface area contributed by atoms with Gasteiger partial charge in [-0.2, -0.15) is 0 Å². The van der Waals surface area contributed by atoms with Crippen LogP contribution in [-0.2, 0) is 11.8 Å². The second kappa shape index (κ2) is 10.8. The van der Waals surface area contributed by atoms with E-state index in [-0.39, 0.29) is 0 Å². The van der Waals surface area contributed by atoms with E-state index in [1.54, 1.807) is 27.5 Å². The van der Waals surface area contributed by atoms with Gasteiger partial charge in [0, 0.05) is 33.2 Å². The summed E-state index contributed by atoms with van der Waals surface area (Å²) in [7, 11) is 6.87. The fraction of sp³-hybridized carbons (Fsp3) is 0.320. The van der Waals surface area contributed by atoms with E-state index < -0.39 is 6.10 Å². The van der Waals surface area contributed by atoms with E-state index in [2.05, 4.69) is 4.98 Å². The highest BCUT2D eigenvalue weighted by molar-refractivity contribution is 5.83. The minimum absolute atomic E-state index is 0.604. The smallest absolute Gasteiger partial charge is 0.141 e. The number of aryl methyl sites for hydroxylation is 1. The maximum absolute atomic E-state index is 11.4. The predicted octanol–water partition coefficient (Wildman–Crippen LogP) is 4.40. The monoisotopic (exact) mass is 422 g/mol. The van der Waals surface area contributed by atoms with E-state index in [4.69, 9.17) is 14.2 Å². The van der Waals surface area contributed by atoms with E-state index in [0.29, 0.717) is 18.9 Å². The van der Waals surface area contributed by atoms with Crippen LogP contribution in [0.2, 0.25) is 0 Å². The number of hydrogen-bond acceptors (Lipinski definition) is 5. The number of nitrogens with zero attached hydrogens (tertiary/aromatic N) is 2. The molecular weight excluding hydrogens is 392 g/mol. The van der Waals surface area contributed by atoms with Gasteiger partial charge in [-0.3, -0.25) is 0 Å². The van der Waals surface area contributed by atoms with Crippen LogP contribution in [0.3, 0.4) is 0 Å². The average Bonchev–Trinajstić information content (AvgIpc) is 3.24. The highest BCUT2D eigenvalue weighted by atomic mass is 16.5. The Kier molecular flexibility index (Phi) is 7.87. The molecule has 1 atom stereocenters. The van der Waals surface area contributed by atoms with E-state index in [9.17, 15) is 5.11 Å². The highest BCUT2D eigenvalue weighted by Crippen LogP contribution is 2.37. The zero-order chi connectivity index (χ0) is 22.2. The minimum Gasteiger partial charge on any atom is -0.497 e. The summed E-state index contributed by atoms with van der Waals surface area (Å²) in [6, 6.07) is 15.8. The highest BCUT2D eigenvalue weighted by Gasteiger charge is 2.23. The molecule has 0 bridgehead atoms. The van der Waals surface area contributed by atoms with Gasteiger partial charge in [-0.25, -0.2) is 4.98 Å². The number of methoxy groups -OCH3 is 3. The van der Waals surface area contributed by atoms with Crippen LogP contribution in [0.15, 0.2) is 66.5 Å². The van der Waals surface area contributed by atoms with Crippen molar-refractivity contribution in [2.24, 2.45) is 7.05 Å². The molecule has 31 heavy (non-hydrogen) atoms. The molecule has 6 nitrogen and oxygen atoms in total. The Morgan fingerprint density at radius 3 is 1.90 bits per heavy atom. The van der Waals surface area contributed by atoms with E-state index in [1.165, 1.54) is 0 Å². The summed E-state index contributed by atoms with van der Waals surface area (Å²) in [5, 5.41) is 11.4. The lowest BCUT2D eigenvalue weighted by molar-refractivity contribution is 0.179. The molecule has 1 unspecified atom stereocenters. The Morgan fingerprint density at radius 2 is 1.48 bits per heavy atom. The van der Waals surface area contributed by atoms with Gasteiger partial charge in [0.1, 0.15) is 23.4 Å². The third-order valence-electron chi connectivity index (χ3n) is 5.31. The molecule has 3 rings (SSSR count). The largest absolute Gasteiger partial charge is 0.497 e. The third-order valence-corrected chi connectivity index (χ3v) is 5.31. The first-order valence-electron chi connectivity index (χ1n) is 10.2. The molecule has 6 heteroatoms. The van der Waals surface area contributed by atoms with Gasteiger partial charge in [0.25, 0.3) is 0 Å². The first-order chi connectivity index (χ1) is 15.1. The lowest BCUT2D eigenvalue weighted by Gasteiger charge is -2.22. The van der Waals surface area contributed by atoms with Crippen LogP contribution in [0.5, 0.6) is 11.5 Å². The van der Waals surface area contributed by atoms with Crippen LogP contribution < -0.4 is 9.47 Å². The Morgan fingerprint density at radius 1 is 0.935 bits per heavy atom. The number of benzene rings is 2. The Labute approximate surface area is 183 Å². The van der Waals surface area contributed by atoms with Crippen molar-refractivity contribution in [2.75, 3.05) is 27.9 Å².